The van der Waals surface area contributed by atoms with Crippen molar-refractivity contribution in [3.8, 4) is 11.8 Å². The Hall–Kier alpha value is -0.440. The van der Waals surface area contributed by atoms with Gasteiger partial charge in [0.1, 0.15) is 0 Å². The van der Waals surface area contributed by atoms with Gasteiger partial charge in [-0.15, -0.1) is 11.8 Å². The summed E-state index contributed by atoms with van der Waals surface area (Å²) in [7, 11) is 0. The second-order valence-electron chi connectivity index (χ2n) is 2.48. The first-order valence-electron chi connectivity index (χ1n) is 3.70. The quantitative estimate of drug-likeness (QED) is 0.507. The van der Waals surface area contributed by atoms with Gasteiger partial charge in [-0.2, -0.15) is 0 Å². The van der Waals surface area contributed by atoms with Gasteiger partial charge in [-0.3, -0.25) is 0 Å². The molecule has 0 rings (SSSR count). The fourth-order valence-corrected chi connectivity index (χ4v) is 0.648. The Bertz CT molecular complexity index is 103. The van der Waals surface area contributed by atoms with Crippen molar-refractivity contribution in [1.29, 1.82) is 0 Å². The van der Waals surface area contributed by atoms with E-state index in [1.807, 2.05) is 6.92 Å². The molecule has 9 heavy (non-hydrogen) atoms. The Balaban J connectivity index is 3.13. The van der Waals surface area contributed by atoms with Crippen molar-refractivity contribution in [3.05, 3.63) is 0 Å². The Morgan fingerprint density at radius 3 is 2.56 bits per heavy atom. The van der Waals surface area contributed by atoms with Crippen LogP contribution in [0.3, 0.4) is 0 Å². The molecule has 0 aliphatic carbocycles. The van der Waals surface area contributed by atoms with E-state index >= 15 is 0 Å². The van der Waals surface area contributed by atoms with Crippen LogP contribution < -0.4 is 0 Å². The lowest BCUT2D eigenvalue weighted by Gasteiger charge is -2.02. The van der Waals surface area contributed by atoms with Crippen LogP contribution in [0.15, 0.2) is 0 Å². The van der Waals surface area contributed by atoms with Crippen molar-refractivity contribution in [1.82, 2.24) is 0 Å². The molecule has 0 amide bonds. The highest BCUT2D eigenvalue weighted by molar-refractivity contribution is 4.94. The molecule has 1 unspecified atom stereocenters. The van der Waals surface area contributed by atoms with E-state index in [1.165, 1.54) is 12.8 Å². The number of hydrogen-bond acceptors (Lipinski definition) is 0. The van der Waals surface area contributed by atoms with Gasteiger partial charge in [-0.1, -0.05) is 20.3 Å². The lowest BCUT2D eigenvalue weighted by atomic mass is 10.0. The van der Waals surface area contributed by atoms with Crippen molar-refractivity contribution < 1.29 is 0 Å². The summed E-state index contributed by atoms with van der Waals surface area (Å²) in [6.07, 6.45) is 3.62. The standard InChI is InChI=1S/C9H16/c1-4-6-7-8-9(3)5-2/h9H,5,7-8H2,1-3H3. The van der Waals surface area contributed by atoms with Crippen LogP contribution in [0.5, 0.6) is 0 Å². The Kier molecular flexibility index (Phi) is 5.41. The molecule has 0 heteroatoms. The topological polar surface area (TPSA) is 0 Å². The smallest absolute Gasteiger partial charge is 0.00911 e. The zero-order chi connectivity index (χ0) is 7.11. The van der Waals surface area contributed by atoms with Gasteiger partial charge in [0.15, 0.2) is 0 Å². The molecule has 0 spiro atoms. The number of rotatable bonds is 3. The van der Waals surface area contributed by atoms with Crippen molar-refractivity contribution in [2.45, 2.75) is 40.0 Å². The highest BCUT2D eigenvalue weighted by Crippen LogP contribution is 2.07. The van der Waals surface area contributed by atoms with E-state index in [-0.39, 0.29) is 0 Å². The average molecular weight is 124 g/mol. The molecule has 0 fully saturated rings. The molecule has 1 atom stereocenters. The summed E-state index contributed by atoms with van der Waals surface area (Å²) in [5.74, 6) is 6.81. The molecule has 0 N–H and O–H groups in total. The Morgan fingerprint density at radius 1 is 1.44 bits per heavy atom. The molecule has 0 bridgehead atoms. The number of hydrogen-bond donors (Lipinski definition) is 0. The van der Waals surface area contributed by atoms with Crippen molar-refractivity contribution >= 4 is 0 Å². The van der Waals surface area contributed by atoms with Crippen LogP contribution in [0.4, 0.5) is 0 Å². The second-order valence-corrected chi connectivity index (χ2v) is 2.48. The van der Waals surface area contributed by atoms with Crippen molar-refractivity contribution in [3.63, 3.8) is 0 Å². The van der Waals surface area contributed by atoms with Gasteiger partial charge in [0.25, 0.3) is 0 Å². The highest BCUT2D eigenvalue weighted by atomic mass is 14.0. The summed E-state index contributed by atoms with van der Waals surface area (Å²) >= 11 is 0. The molecular weight excluding hydrogens is 108 g/mol. The summed E-state index contributed by atoms with van der Waals surface area (Å²) < 4.78 is 0. The normalized spacial score (nSPS) is 11.9. The third-order valence-electron chi connectivity index (χ3n) is 1.64. The van der Waals surface area contributed by atoms with Crippen LogP contribution in [0.2, 0.25) is 0 Å². The average Bonchev–Trinajstić information content (AvgIpc) is 1.89. The Labute approximate surface area is 58.7 Å². The molecule has 0 radical (unpaired) electrons. The summed E-state index contributed by atoms with van der Waals surface area (Å²) in [5, 5.41) is 0. The summed E-state index contributed by atoms with van der Waals surface area (Å²) in [4.78, 5) is 0. The largest absolute Gasteiger partial charge is 0.107 e. The molecule has 0 saturated carbocycles. The van der Waals surface area contributed by atoms with Gasteiger partial charge < -0.3 is 0 Å². The van der Waals surface area contributed by atoms with Gasteiger partial charge in [-0.05, 0) is 19.3 Å². The van der Waals surface area contributed by atoms with Crippen LogP contribution in [0.25, 0.3) is 0 Å². The van der Waals surface area contributed by atoms with E-state index in [1.54, 1.807) is 0 Å². The molecule has 0 aromatic heterocycles. The van der Waals surface area contributed by atoms with Crippen LogP contribution in [-0.2, 0) is 0 Å². The third-order valence-corrected chi connectivity index (χ3v) is 1.64. The van der Waals surface area contributed by atoms with Crippen molar-refractivity contribution in [2.24, 2.45) is 5.92 Å². The molecule has 0 saturated heterocycles. The molecule has 0 aromatic rings. The zero-order valence-corrected chi connectivity index (χ0v) is 6.70. The van der Waals surface area contributed by atoms with Crippen LogP contribution in [0.1, 0.15) is 40.0 Å². The maximum absolute atomic E-state index is 3.06. The fraction of sp³-hybridized carbons (Fsp3) is 0.778. The van der Waals surface area contributed by atoms with Crippen LogP contribution >= 0.6 is 0 Å². The molecule has 0 aliphatic rings. The predicted molar refractivity (Wildman–Crippen MR) is 42.1 cm³/mol. The van der Waals surface area contributed by atoms with Gasteiger partial charge in [-0.25, -0.2) is 0 Å². The van der Waals surface area contributed by atoms with Crippen LogP contribution in [0, 0.1) is 17.8 Å². The SMILES string of the molecule is CC#CCCC(C)CC. The molecule has 0 aromatic carbocycles. The van der Waals surface area contributed by atoms with E-state index in [4.69, 9.17) is 0 Å². The minimum absolute atomic E-state index is 0.853. The molecule has 0 heterocycles. The first-order valence-corrected chi connectivity index (χ1v) is 3.70. The van der Waals surface area contributed by atoms with Gasteiger partial charge >= 0.3 is 0 Å². The van der Waals surface area contributed by atoms with Gasteiger partial charge in [0.2, 0.25) is 0 Å². The molecule has 0 aliphatic heterocycles. The fourth-order valence-electron chi connectivity index (χ4n) is 0.648. The highest BCUT2D eigenvalue weighted by Gasteiger charge is 1.94. The maximum Gasteiger partial charge on any atom is 0.00911 e. The monoisotopic (exact) mass is 124 g/mol. The van der Waals surface area contributed by atoms with E-state index in [2.05, 4.69) is 25.7 Å². The van der Waals surface area contributed by atoms with Gasteiger partial charge in [0.05, 0.1) is 0 Å². The van der Waals surface area contributed by atoms with Gasteiger partial charge in [0, 0.05) is 6.42 Å². The minimum Gasteiger partial charge on any atom is -0.107 e. The minimum atomic E-state index is 0.853. The lowest BCUT2D eigenvalue weighted by Crippen LogP contribution is -1.89. The second kappa shape index (κ2) is 5.69. The van der Waals surface area contributed by atoms with E-state index < -0.39 is 0 Å². The van der Waals surface area contributed by atoms with E-state index in [0.717, 1.165) is 12.3 Å². The van der Waals surface area contributed by atoms with E-state index in [0.29, 0.717) is 0 Å². The van der Waals surface area contributed by atoms with Crippen LogP contribution in [-0.4, -0.2) is 0 Å². The lowest BCUT2D eigenvalue weighted by molar-refractivity contribution is 0.525. The summed E-state index contributed by atoms with van der Waals surface area (Å²) in [6, 6.07) is 0. The first kappa shape index (κ1) is 8.56. The summed E-state index contributed by atoms with van der Waals surface area (Å²) in [5.41, 5.74) is 0. The maximum atomic E-state index is 3.06. The zero-order valence-electron chi connectivity index (χ0n) is 6.70. The van der Waals surface area contributed by atoms with Crippen molar-refractivity contribution in [2.75, 3.05) is 0 Å². The molecular formula is C9H16. The third kappa shape index (κ3) is 5.43. The predicted octanol–water partition coefficient (Wildman–Crippen LogP) is 2.84. The summed E-state index contributed by atoms with van der Waals surface area (Å²) in [6.45, 7) is 6.40. The first-order chi connectivity index (χ1) is 4.31. The molecule has 0 nitrogen and oxygen atoms in total. The molecule has 52 valence electrons. The van der Waals surface area contributed by atoms with E-state index in [9.17, 15) is 0 Å². The Morgan fingerprint density at radius 2 is 2.11 bits per heavy atom.